The zero-order valence-corrected chi connectivity index (χ0v) is 11.1. The van der Waals surface area contributed by atoms with Crippen LogP contribution >= 0.6 is 0 Å². The Kier molecular flexibility index (Phi) is 4.31. The number of nitrogens with one attached hydrogen (secondary N) is 1. The lowest BCUT2D eigenvalue weighted by molar-refractivity contribution is 0.0694. The van der Waals surface area contributed by atoms with Crippen LogP contribution in [0, 0.1) is 6.92 Å². The molecule has 18 heavy (non-hydrogen) atoms. The van der Waals surface area contributed by atoms with Gasteiger partial charge in [-0.3, -0.25) is 9.78 Å². The van der Waals surface area contributed by atoms with E-state index in [1.54, 1.807) is 6.20 Å². The lowest BCUT2D eigenvalue weighted by atomic mass is 10.0. The maximum atomic E-state index is 12.4. The summed E-state index contributed by atoms with van der Waals surface area (Å²) in [5.74, 6) is 0.114. The molecule has 0 spiro atoms. The molecule has 1 N–H and O–H groups in total. The highest BCUT2D eigenvalue weighted by Crippen LogP contribution is 2.15. The van der Waals surface area contributed by atoms with Crippen molar-refractivity contribution in [2.45, 2.75) is 32.7 Å². The Balaban J connectivity index is 2.07. The molecule has 98 valence electrons. The van der Waals surface area contributed by atoms with Gasteiger partial charge < -0.3 is 10.2 Å². The standard InChI is InChI=1S/C14H21N3O/c1-3-15-12-6-5-9-17(10-12)14(18)13-7-4-8-16-11(13)2/h4,7-8,12,15H,3,5-6,9-10H2,1-2H3. The van der Waals surface area contributed by atoms with E-state index < -0.39 is 0 Å². The predicted molar refractivity (Wildman–Crippen MR) is 71.6 cm³/mol. The number of rotatable bonds is 3. The van der Waals surface area contributed by atoms with Gasteiger partial charge in [-0.25, -0.2) is 0 Å². The minimum absolute atomic E-state index is 0.114. The van der Waals surface area contributed by atoms with Crippen molar-refractivity contribution >= 4 is 5.91 Å². The van der Waals surface area contributed by atoms with E-state index in [9.17, 15) is 4.79 Å². The minimum atomic E-state index is 0.114. The summed E-state index contributed by atoms with van der Waals surface area (Å²) in [7, 11) is 0. The molecule has 1 aliphatic heterocycles. The lowest BCUT2D eigenvalue weighted by Crippen LogP contribution is -2.48. The van der Waals surface area contributed by atoms with Gasteiger partial charge in [0.1, 0.15) is 0 Å². The Hall–Kier alpha value is -1.42. The van der Waals surface area contributed by atoms with Crippen molar-refractivity contribution < 1.29 is 4.79 Å². The van der Waals surface area contributed by atoms with Gasteiger partial charge in [-0.05, 0) is 38.4 Å². The van der Waals surface area contributed by atoms with Crippen molar-refractivity contribution in [1.82, 2.24) is 15.2 Å². The summed E-state index contributed by atoms with van der Waals surface area (Å²) < 4.78 is 0. The molecular weight excluding hydrogens is 226 g/mol. The highest BCUT2D eigenvalue weighted by Gasteiger charge is 2.24. The first kappa shape index (κ1) is 13.0. The Morgan fingerprint density at radius 1 is 1.61 bits per heavy atom. The summed E-state index contributed by atoms with van der Waals surface area (Å²) in [6.45, 7) is 6.61. The Bertz CT molecular complexity index is 417. The molecule has 0 aromatic carbocycles. The summed E-state index contributed by atoms with van der Waals surface area (Å²) in [6, 6.07) is 4.12. The number of amides is 1. The molecule has 1 atom stereocenters. The molecule has 0 radical (unpaired) electrons. The molecule has 1 aromatic rings. The number of carbonyl (C=O) groups excluding carboxylic acids is 1. The van der Waals surface area contributed by atoms with Crippen LogP contribution in [0.25, 0.3) is 0 Å². The molecule has 1 aromatic heterocycles. The van der Waals surface area contributed by atoms with Crippen LogP contribution in [0.5, 0.6) is 0 Å². The lowest BCUT2D eigenvalue weighted by Gasteiger charge is -2.33. The molecule has 4 nitrogen and oxygen atoms in total. The van der Waals surface area contributed by atoms with Crippen molar-refractivity contribution in [3.8, 4) is 0 Å². The van der Waals surface area contributed by atoms with Crippen LogP contribution in [0.15, 0.2) is 18.3 Å². The summed E-state index contributed by atoms with van der Waals surface area (Å²) in [4.78, 5) is 18.6. The number of likely N-dealkylation sites (tertiary alicyclic amines) is 1. The first-order valence-corrected chi connectivity index (χ1v) is 6.66. The van der Waals surface area contributed by atoms with Crippen LogP contribution in [0.3, 0.4) is 0 Å². The van der Waals surface area contributed by atoms with Crippen molar-refractivity contribution in [3.63, 3.8) is 0 Å². The number of nitrogens with zero attached hydrogens (tertiary/aromatic N) is 2. The average Bonchev–Trinajstić information content (AvgIpc) is 2.39. The summed E-state index contributed by atoms with van der Waals surface area (Å²) in [6.07, 6.45) is 3.95. The van der Waals surface area contributed by atoms with E-state index in [1.807, 2.05) is 24.0 Å². The highest BCUT2D eigenvalue weighted by molar-refractivity contribution is 5.95. The van der Waals surface area contributed by atoms with Gasteiger partial charge in [0.2, 0.25) is 0 Å². The first-order valence-electron chi connectivity index (χ1n) is 6.66. The fourth-order valence-electron chi connectivity index (χ4n) is 2.50. The maximum Gasteiger partial charge on any atom is 0.255 e. The van der Waals surface area contributed by atoms with Crippen molar-refractivity contribution in [2.75, 3.05) is 19.6 Å². The van der Waals surface area contributed by atoms with Gasteiger partial charge in [0.05, 0.1) is 5.56 Å². The average molecular weight is 247 g/mol. The molecule has 1 fully saturated rings. The fourth-order valence-corrected chi connectivity index (χ4v) is 2.50. The molecule has 4 heteroatoms. The van der Waals surface area contributed by atoms with Gasteiger partial charge in [0.25, 0.3) is 5.91 Å². The number of carbonyl (C=O) groups is 1. The first-order chi connectivity index (χ1) is 8.72. The topological polar surface area (TPSA) is 45.2 Å². The number of hydrogen-bond acceptors (Lipinski definition) is 3. The number of aromatic nitrogens is 1. The van der Waals surface area contributed by atoms with Crippen molar-refractivity contribution in [2.24, 2.45) is 0 Å². The Labute approximate surface area is 108 Å². The van der Waals surface area contributed by atoms with E-state index in [2.05, 4.69) is 17.2 Å². The molecular formula is C14H21N3O. The highest BCUT2D eigenvalue weighted by atomic mass is 16.2. The van der Waals surface area contributed by atoms with E-state index in [1.165, 1.54) is 0 Å². The van der Waals surface area contributed by atoms with E-state index in [4.69, 9.17) is 0 Å². The maximum absolute atomic E-state index is 12.4. The van der Waals surface area contributed by atoms with Gasteiger partial charge in [-0.2, -0.15) is 0 Å². The second-order valence-corrected chi connectivity index (χ2v) is 4.78. The number of aryl methyl sites for hydroxylation is 1. The molecule has 0 saturated carbocycles. The third-order valence-corrected chi connectivity index (χ3v) is 3.44. The van der Waals surface area contributed by atoms with E-state index in [0.717, 1.165) is 43.7 Å². The Morgan fingerprint density at radius 3 is 3.17 bits per heavy atom. The molecule has 1 aliphatic rings. The molecule has 2 rings (SSSR count). The van der Waals surface area contributed by atoms with E-state index in [-0.39, 0.29) is 5.91 Å². The van der Waals surface area contributed by atoms with Gasteiger partial charge >= 0.3 is 0 Å². The molecule has 0 bridgehead atoms. The molecule has 1 unspecified atom stereocenters. The largest absolute Gasteiger partial charge is 0.337 e. The predicted octanol–water partition coefficient (Wildman–Crippen LogP) is 1.60. The van der Waals surface area contributed by atoms with Gasteiger partial charge in [-0.15, -0.1) is 0 Å². The molecule has 1 saturated heterocycles. The van der Waals surface area contributed by atoms with Crippen molar-refractivity contribution in [3.05, 3.63) is 29.6 Å². The van der Waals surface area contributed by atoms with Crippen LogP contribution in [0.4, 0.5) is 0 Å². The summed E-state index contributed by atoms with van der Waals surface area (Å²) >= 11 is 0. The van der Waals surface area contributed by atoms with Crippen LogP contribution in [0.2, 0.25) is 0 Å². The molecule has 0 aliphatic carbocycles. The van der Waals surface area contributed by atoms with Crippen molar-refractivity contribution in [1.29, 1.82) is 0 Å². The third kappa shape index (κ3) is 2.88. The monoisotopic (exact) mass is 247 g/mol. The fraction of sp³-hybridized carbons (Fsp3) is 0.571. The number of hydrogen-bond donors (Lipinski definition) is 1. The zero-order valence-electron chi connectivity index (χ0n) is 11.1. The van der Waals surface area contributed by atoms with Crippen LogP contribution in [-0.4, -0.2) is 41.5 Å². The molecule has 2 heterocycles. The normalized spacial score (nSPS) is 19.9. The second-order valence-electron chi connectivity index (χ2n) is 4.78. The minimum Gasteiger partial charge on any atom is -0.337 e. The quantitative estimate of drug-likeness (QED) is 0.882. The number of likely N-dealkylation sites (N-methyl/N-ethyl adjacent to an activating group) is 1. The van der Waals surface area contributed by atoms with E-state index >= 15 is 0 Å². The van der Waals surface area contributed by atoms with E-state index in [0.29, 0.717) is 6.04 Å². The Morgan fingerprint density at radius 2 is 2.44 bits per heavy atom. The number of piperidine rings is 1. The SMILES string of the molecule is CCNC1CCCN(C(=O)c2cccnc2C)C1. The van der Waals surface area contributed by atoms with Crippen LogP contribution in [0.1, 0.15) is 35.8 Å². The van der Waals surface area contributed by atoms with Gasteiger partial charge in [-0.1, -0.05) is 6.92 Å². The smallest absolute Gasteiger partial charge is 0.255 e. The third-order valence-electron chi connectivity index (χ3n) is 3.44. The van der Waals surface area contributed by atoms with Gasteiger partial charge in [0, 0.05) is 31.0 Å². The van der Waals surface area contributed by atoms with Gasteiger partial charge in [0.15, 0.2) is 0 Å². The zero-order chi connectivity index (χ0) is 13.0. The van der Waals surface area contributed by atoms with Crippen LogP contribution < -0.4 is 5.32 Å². The van der Waals surface area contributed by atoms with Crippen LogP contribution in [-0.2, 0) is 0 Å². The summed E-state index contributed by atoms with van der Waals surface area (Å²) in [5.41, 5.74) is 1.54. The number of pyridine rings is 1. The second kappa shape index (κ2) is 5.96. The summed E-state index contributed by atoms with van der Waals surface area (Å²) in [5, 5.41) is 3.43. The molecule has 1 amide bonds.